The summed E-state index contributed by atoms with van der Waals surface area (Å²) < 4.78 is 2.15. The van der Waals surface area contributed by atoms with Crippen LogP contribution in [0.15, 0.2) is 6.33 Å². The first-order chi connectivity index (χ1) is 12.2. The fraction of sp³-hybridized carbons (Fsp3) is 0.864. The monoisotopic (exact) mass is 350 g/mol. The number of hydrogen-bond donors (Lipinski definition) is 1. The van der Waals surface area contributed by atoms with Crippen LogP contribution in [0.5, 0.6) is 0 Å². The highest BCUT2D eigenvalue weighted by atomic mass is 16.3. The van der Waals surface area contributed by atoms with Gasteiger partial charge in [0.2, 0.25) is 0 Å². The van der Waals surface area contributed by atoms with Gasteiger partial charge in [0.1, 0.15) is 0 Å². The molecule has 0 radical (unpaired) electrons. The molecule has 0 bridgehead atoms. The maximum absolute atomic E-state index is 9.46. The van der Waals surface area contributed by atoms with Gasteiger partial charge in [-0.25, -0.2) is 4.98 Å². The largest absolute Gasteiger partial charge is 0.390 e. The van der Waals surface area contributed by atoms with E-state index in [1.165, 1.54) is 89.9 Å². The number of aliphatic hydroxyl groups excluding tert-OH is 1. The minimum Gasteiger partial charge on any atom is -0.390 e. The van der Waals surface area contributed by atoms with Crippen molar-refractivity contribution < 1.29 is 5.11 Å². The van der Waals surface area contributed by atoms with Crippen LogP contribution in [0.2, 0.25) is 0 Å². The number of aryl methyl sites for hydroxylation is 1. The molecule has 0 fully saturated rings. The number of rotatable bonds is 16. The summed E-state index contributed by atoms with van der Waals surface area (Å²) >= 11 is 0. The number of nitrogens with zero attached hydrogens (tertiary/aromatic N) is 2. The van der Waals surface area contributed by atoms with Crippen molar-refractivity contribution in [3.8, 4) is 0 Å². The lowest BCUT2D eigenvalue weighted by molar-refractivity contribution is 0.264. The summed E-state index contributed by atoms with van der Waals surface area (Å²) in [6.07, 6.45) is 21.3. The molecular formula is C22H42N2O. The molecule has 1 atom stereocenters. The Hall–Kier alpha value is -0.830. The van der Waals surface area contributed by atoms with Gasteiger partial charge in [-0.15, -0.1) is 0 Å². The van der Waals surface area contributed by atoms with Gasteiger partial charge >= 0.3 is 0 Å². The highest BCUT2D eigenvalue weighted by Crippen LogP contribution is 2.20. The second-order valence-electron chi connectivity index (χ2n) is 7.72. The molecule has 0 saturated carbocycles. The van der Waals surface area contributed by atoms with E-state index in [4.69, 9.17) is 0 Å². The molecular weight excluding hydrogens is 308 g/mol. The van der Waals surface area contributed by atoms with Gasteiger partial charge in [-0.3, -0.25) is 0 Å². The zero-order valence-corrected chi connectivity index (χ0v) is 17.1. The Morgan fingerprint density at radius 3 is 1.84 bits per heavy atom. The average molecular weight is 351 g/mol. The van der Waals surface area contributed by atoms with Crippen molar-refractivity contribution in [1.29, 1.82) is 0 Å². The predicted octanol–water partition coefficient (Wildman–Crippen LogP) is 6.73. The Labute approximate surface area is 156 Å². The Bertz CT molecular complexity index is 428. The topological polar surface area (TPSA) is 38.0 Å². The molecule has 0 aliphatic rings. The Balaban J connectivity index is 1.93. The standard InChI is InChI=1S/C22H42N2O/c1-4-5-6-7-8-9-10-11-12-13-14-15-16-17-20(2)24-19-23-21(3)22(24)18-25/h19-20,25H,4-18H2,1-3H3. The molecule has 3 heteroatoms. The van der Waals surface area contributed by atoms with Crippen LogP contribution in [-0.4, -0.2) is 14.7 Å². The van der Waals surface area contributed by atoms with Gasteiger partial charge in [0.25, 0.3) is 0 Å². The van der Waals surface area contributed by atoms with Crippen LogP contribution in [0.4, 0.5) is 0 Å². The van der Waals surface area contributed by atoms with Crippen molar-refractivity contribution in [2.75, 3.05) is 0 Å². The Morgan fingerprint density at radius 1 is 0.880 bits per heavy atom. The van der Waals surface area contributed by atoms with E-state index in [1.54, 1.807) is 0 Å². The molecule has 0 saturated heterocycles. The van der Waals surface area contributed by atoms with Crippen LogP contribution in [0.3, 0.4) is 0 Å². The third kappa shape index (κ3) is 9.44. The molecule has 25 heavy (non-hydrogen) atoms. The van der Waals surface area contributed by atoms with Gasteiger partial charge < -0.3 is 9.67 Å². The van der Waals surface area contributed by atoms with E-state index in [9.17, 15) is 5.11 Å². The molecule has 0 aromatic carbocycles. The second-order valence-corrected chi connectivity index (χ2v) is 7.72. The summed E-state index contributed by atoms with van der Waals surface area (Å²) in [5.41, 5.74) is 1.93. The van der Waals surface area contributed by atoms with Crippen LogP contribution in [0.25, 0.3) is 0 Å². The van der Waals surface area contributed by atoms with Crippen LogP contribution < -0.4 is 0 Å². The van der Waals surface area contributed by atoms with Crippen molar-refractivity contribution >= 4 is 0 Å². The van der Waals surface area contributed by atoms with Crippen LogP contribution >= 0.6 is 0 Å². The Kier molecular flexibility index (Phi) is 12.8. The van der Waals surface area contributed by atoms with Crippen LogP contribution in [0.1, 0.15) is 121 Å². The maximum Gasteiger partial charge on any atom is 0.0954 e. The summed E-state index contributed by atoms with van der Waals surface area (Å²) in [5, 5.41) is 9.46. The first-order valence-corrected chi connectivity index (χ1v) is 10.8. The number of imidazole rings is 1. The van der Waals surface area contributed by atoms with Gasteiger partial charge in [0.15, 0.2) is 0 Å². The number of aliphatic hydroxyl groups is 1. The Morgan fingerprint density at radius 2 is 1.36 bits per heavy atom. The predicted molar refractivity (Wildman–Crippen MR) is 108 cm³/mol. The fourth-order valence-electron chi connectivity index (χ4n) is 3.65. The molecule has 1 N–H and O–H groups in total. The van der Waals surface area contributed by atoms with E-state index in [0.29, 0.717) is 6.04 Å². The van der Waals surface area contributed by atoms with E-state index < -0.39 is 0 Å². The summed E-state index contributed by atoms with van der Waals surface area (Å²) in [4.78, 5) is 4.33. The smallest absolute Gasteiger partial charge is 0.0954 e. The van der Waals surface area contributed by atoms with Gasteiger partial charge in [-0.05, 0) is 20.3 Å². The minimum atomic E-state index is 0.0920. The molecule has 3 nitrogen and oxygen atoms in total. The second kappa shape index (κ2) is 14.4. The first-order valence-electron chi connectivity index (χ1n) is 10.8. The van der Waals surface area contributed by atoms with Crippen LogP contribution in [-0.2, 0) is 6.61 Å². The zero-order chi connectivity index (χ0) is 18.3. The normalized spacial score (nSPS) is 12.6. The molecule has 0 aliphatic heterocycles. The van der Waals surface area contributed by atoms with Gasteiger partial charge in [-0.1, -0.05) is 90.4 Å². The SMILES string of the molecule is CCCCCCCCCCCCCCCC(C)n1cnc(C)c1CO. The van der Waals surface area contributed by atoms with Gasteiger partial charge in [0.05, 0.1) is 24.3 Å². The van der Waals surface area contributed by atoms with Crippen molar-refractivity contribution in [2.45, 2.75) is 123 Å². The van der Waals surface area contributed by atoms with Crippen molar-refractivity contribution in [3.05, 3.63) is 17.7 Å². The summed E-state index contributed by atoms with van der Waals surface area (Å²) in [5.74, 6) is 0. The third-order valence-electron chi connectivity index (χ3n) is 5.46. The average Bonchev–Trinajstić information content (AvgIpc) is 2.99. The van der Waals surface area contributed by atoms with Gasteiger partial charge in [-0.2, -0.15) is 0 Å². The molecule has 0 aliphatic carbocycles. The molecule has 1 rings (SSSR count). The van der Waals surface area contributed by atoms with Gasteiger partial charge in [0, 0.05) is 6.04 Å². The molecule has 146 valence electrons. The lowest BCUT2D eigenvalue weighted by atomic mass is 10.0. The lowest BCUT2D eigenvalue weighted by Crippen LogP contribution is -2.08. The molecule has 1 heterocycles. The molecule has 0 spiro atoms. The van der Waals surface area contributed by atoms with E-state index >= 15 is 0 Å². The molecule has 1 unspecified atom stereocenters. The van der Waals surface area contributed by atoms with E-state index in [-0.39, 0.29) is 6.61 Å². The molecule has 0 amide bonds. The first kappa shape index (κ1) is 22.2. The van der Waals surface area contributed by atoms with E-state index in [0.717, 1.165) is 11.4 Å². The van der Waals surface area contributed by atoms with Crippen molar-refractivity contribution in [3.63, 3.8) is 0 Å². The summed E-state index contributed by atoms with van der Waals surface area (Å²) in [6, 6.07) is 0.441. The highest BCUT2D eigenvalue weighted by Gasteiger charge is 2.11. The third-order valence-corrected chi connectivity index (χ3v) is 5.46. The number of unbranched alkanes of at least 4 members (excludes halogenated alkanes) is 12. The van der Waals surface area contributed by atoms with E-state index in [1.807, 2.05) is 13.3 Å². The minimum absolute atomic E-state index is 0.0920. The summed E-state index contributed by atoms with van der Waals surface area (Å²) in [6.45, 7) is 6.58. The highest BCUT2D eigenvalue weighted by molar-refractivity contribution is 5.10. The number of hydrogen-bond acceptors (Lipinski definition) is 2. The fourth-order valence-corrected chi connectivity index (χ4v) is 3.65. The van der Waals surface area contributed by atoms with E-state index in [2.05, 4.69) is 23.4 Å². The summed E-state index contributed by atoms with van der Waals surface area (Å²) in [7, 11) is 0. The van der Waals surface area contributed by atoms with Crippen molar-refractivity contribution in [1.82, 2.24) is 9.55 Å². The maximum atomic E-state index is 9.46. The molecule has 1 aromatic heterocycles. The molecule has 1 aromatic rings. The number of aromatic nitrogens is 2. The van der Waals surface area contributed by atoms with Crippen molar-refractivity contribution in [2.24, 2.45) is 0 Å². The van der Waals surface area contributed by atoms with Crippen LogP contribution in [0, 0.1) is 6.92 Å². The quantitative estimate of drug-likeness (QED) is 0.336. The zero-order valence-electron chi connectivity index (χ0n) is 17.1. The lowest BCUT2D eigenvalue weighted by Gasteiger charge is -2.16.